The summed E-state index contributed by atoms with van der Waals surface area (Å²) in [5, 5.41) is 18.8. The predicted molar refractivity (Wildman–Crippen MR) is 49.7 cm³/mol. The number of hydrogen-bond acceptors (Lipinski definition) is 3. The summed E-state index contributed by atoms with van der Waals surface area (Å²) in [4.78, 5) is 19.9. The standard InChI is InChI=1S/C9H6FNO4/c10-7-2-1-3-8(11(14)15)6(7)4-5-9(12)13/h1-5H,(H,12,13)/b5-4+. The molecule has 0 atom stereocenters. The molecule has 0 amide bonds. The highest BCUT2D eigenvalue weighted by atomic mass is 19.1. The number of nitro benzene ring substituents is 1. The van der Waals surface area contributed by atoms with Crippen LogP contribution in [0.5, 0.6) is 0 Å². The maximum Gasteiger partial charge on any atom is 0.328 e. The Kier molecular flexibility index (Phi) is 3.12. The van der Waals surface area contributed by atoms with Gasteiger partial charge in [-0.05, 0) is 12.1 Å². The van der Waals surface area contributed by atoms with E-state index in [0.29, 0.717) is 6.08 Å². The molecule has 1 N–H and O–H groups in total. The van der Waals surface area contributed by atoms with Crippen LogP contribution in [0.15, 0.2) is 24.3 Å². The smallest absolute Gasteiger partial charge is 0.328 e. The molecule has 0 spiro atoms. The molecule has 5 nitrogen and oxygen atoms in total. The number of aliphatic carboxylic acids is 1. The number of carbonyl (C=O) groups is 1. The van der Waals surface area contributed by atoms with Crippen LogP contribution < -0.4 is 0 Å². The molecule has 1 rings (SSSR count). The number of benzene rings is 1. The minimum Gasteiger partial charge on any atom is -0.478 e. The molecule has 0 heterocycles. The van der Waals surface area contributed by atoms with Gasteiger partial charge in [0.15, 0.2) is 0 Å². The molecule has 0 aliphatic heterocycles. The summed E-state index contributed by atoms with van der Waals surface area (Å²) in [7, 11) is 0. The third-order valence-corrected chi connectivity index (χ3v) is 1.62. The van der Waals surface area contributed by atoms with Gasteiger partial charge in [-0.15, -0.1) is 0 Å². The number of nitro groups is 1. The largest absolute Gasteiger partial charge is 0.478 e. The molecule has 15 heavy (non-hydrogen) atoms. The topological polar surface area (TPSA) is 80.4 Å². The van der Waals surface area contributed by atoms with E-state index in [1.165, 1.54) is 6.07 Å². The SMILES string of the molecule is O=C(O)/C=C/c1c(F)cccc1[N+](=O)[O-]. The Morgan fingerprint density at radius 2 is 2.20 bits per heavy atom. The molecule has 1 aromatic rings. The fourth-order valence-corrected chi connectivity index (χ4v) is 1.00. The van der Waals surface area contributed by atoms with E-state index in [2.05, 4.69) is 0 Å². The first-order valence-electron chi connectivity index (χ1n) is 3.86. The van der Waals surface area contributed by atoms with E-state index in [4.69, 9.17) is 5.11 Å². The maximum atomic E-state index is 13.1. The van der Waals surface area contributed by atoms with E-state index in [0.717, 1.165) is 18.2 Å². The molecule has 0 aliphatic rings. The lowest BCUT2D eigenvalue weighted by molar-refractivity contribution is -0.385. The summed E-state index contributed by atoms with van der Waals surface area (Å²) in [5.74, 6) is -2.13. The first kappa shape index (κ1) is 10.8. The second kappa shape index (κ2) is 4.32. The van der Waals surface area contributed by atoms with Gasteiger partial charge >= 0.3 is 5.97 Å². The van der Waals surface area contributed by atoms with Crippen LogP contribution in [0.1, 0.15) is 5.56 Å². The van der Waals surface area contributed by atoms with Crippen LogP contribution in [0, 0.1) is 15.9 Å². The van der Waals surface area contributed by atoms with E-state index in [-0.39, 0.29) is 5.56 Å². The first-order valence-corrected chi connectivity index (χ1v) is 3.86. The molecule has 78 valence electrons. The van der Waals surface area contributed by atoms with Crippen LogP contribution >= 0.6 is 0 Å². The van der Waals surface area contributed by atoms with Crippen molar-refractivity contribution in [3.8, 4) is 0 Å². The molecule has 1 aromatic carbocycles. The van der Waals surface area contributed by atoms with Gasteiger partial charge in [0.1, 0.15) is 5.82 Å². The third kappa shape index (κ3) is 2.60. The highest BCUT2D eigenvalue weighted by Crippen LogP contribution is 2.22. The molecule has 0 fully saturated rings. The number of hydrogen-bond donors (Lipinski definition) is 1. The molecular formula is C9H6FNO4. The first-order chi connectivity index (χ1) is 7.02. The molecule has 0 saturated carbocycles. The van der Waals surface area contributed by atoms with Crippen molar-refractivity contribution in [3.63, 3.8) is 0 Å². The van der Waals surface area contributed by atoms with Gasteiger partial charge in [0.05, 0.1) is 10.5 Å². The zero-order chi connectivity index (χ0) is 11.4. The lowest BCUT2D eigenvalue weighted by Gasteiger charge is -1.97. The van der Waals surface area contributed by atoms with Crippen molar-refractivity contribution in [2.45, 2.75) is 0 Å². The van der Waals surface area contributed by atoms with Crippen molar-refractivity contribution in [3.05, 3.63) is 45.8 Å². The molecule has 0 aliphatic carbocycles. The fourth-order valence-electron chi connectivity index (χ4n) is 1.00. The van der Waals surface area contributed by atoms with Crippen LogP contribution in [0.25, 0.3) is 6.08 Å². The second-order valence-corrected chi connectivity index (χ2v) is 2.60. The Hall–Kier alpha value is -2.24. The van der Waals surface area contributed by atoms with E-state index in [9.17, 15) is 19.3 Å². The van der Waals surface area contributed by atoms with Gasteiger partial charge in [0.25, 0.3) is 5.69 Å². The van der Waals surface area contributed by atoms with E-state index < -0.39 is 22.4 Å². The molecule has 0 unspecified atom stereocenters. The fraction of sp³-hybridized carbons (Fsp3) is 0. The van der Waals surface area contributed by atoms with Crippen LogP contribution in [-0.4, -0.2) is 16.0 Å². The molecule has 0 radical (unpaired) electrons. The Morgan fingerprint density at radius 3 is 2.73 bits per heavy atom. The summed E-state index contributed by atoms with van der Waals surface area (Å²) >= 11 is 0. The Bertz CT molecular complexity index is 442. The van der Waals surface area contributed by atoms with Crippen molar-refractivity contribution in [2.24, 2.45) is 0 Å². The predicted octanol–water partition coefficient (Wildman–Crippen LogP) is 1.83. The monoisotopic (exact) mass is 211 g/mol. The number of rotatable bonds is 3. The molecule has 0 aromatic heterocycles. The summed E-state index contributed by atoms with van der Waals surface area (Å²) < 4.78 is 13.1. The van der Waals surface area contributed by atoms with Gasteiger partial charge in [-0.1, -0.05) is 6.07 Å². The van der Waals surface area contributed by atoms with Gasteiger partial charge in [-0.3, -0.25) is 10.1 Å². The van der Waals surface area contributed by atoms with Crippen molar-refractivity contribution in [1.29, 1.82) is 0 Å². The van der Waals surface area contributed by atoms with Crippen LogP contribution in [-0.2, 0) is 4.79 Å². The van der Waals surface area contributed by atoms with E-state index in [1.807, 2.05) is 0 Å². The van der Waals surface area contributed by atoms with E-state index in [1.54, 1.807) is 0 Å². The average molecular weight is 211 g/mol. The van der Waals surface area contributed by atoms with Crippen LogP contribution in [0.2, 0.25) is 0 Å². The zero-order valence-electron chi connectivity index (χ0n) is 7.38. The van der Waals surface area contributed by atoms with Crippen LogP contribution in [0.4, 0.5) is 10.1 Å². The number of nitrogens with zero attached hydrogens (tertiary/aromatic N) is 1. The average Bonchev–Trinajstić information content (AvgIpc) is 2.15. The molecule has 0 bridgehead atoms. The Balaban J connectivity index is 3.25. The van der Waals surface area contributed by atoms with Gasteiger partial charge in [-0.2, -0.15) is 0 Å². The van der Waals surface area contributed by atoms with Crippen LogP contribution in [0.3, 0.4) is 0 Å². The second-order valence-electron chi connectivity index (χ2n) is 2.60. The minimum absolute atomic E-state index is 0.343. The van der Waals surface area contributed by atoms with Gasteiger partial charge in [-0.25, -0.2) is 9.18 Å². The van der Waals surface area contributed by atoms with Crippen molar-refractivity contribution < 1.29 is 19.2 Å². The number of carboxylic acids is 1. The van der Waals surface area contributed by atoms with E-state index >= 15 is 0 Å². The summed E-state index contributed by atoms with van der Waals surface area (Å²) in [5.41, 5.74) is -0.808. The summed E-state index contributed by atoms with van der Waals surface area (Å²) in [6.45, 7) is 0. The minimum atomic E-state index is -1.30. The normalized spacial score (nSPS) is 10.5. The molecule has 6 heteroatoms. The number of halogens is 1. The lowest BCUT2D eigenvalue weighted by atomic mass is 10.1. The van der Waals surface area contributed by atoms with Crippen molar-refractivity contribution >= 4 is 17.7 Å². The van der Waals surface area contributed by atoms with Crippen molar-refractivity contribution in [1.82, 2.24) is 0 Å². The molecular weight excluding hydrogens is 205 g/mol. The Labute approximate surface area is 83.6 Å². The summed E-state index contributed by atoms with van der Waals surface area (Å²) in [6.07, 6.45) is 1.50. The highest BCUT2D eigenvalue weighted by Gasteiger charge is 2.14. The molecule has 0 saturated heterocycles. The third-order valence-electron chi connectivity index (χ3n) is 1.62. The quantitative estimate of drug-likeness (QED) is 0.469. The highest BCUT2D eigenvalue weighted by molar-refractivity contribution is 5.86. The maximum absolute atomic E-state index is 13.1. The van der Waals surface area contributed by atoms with Crippen molar-refractivity contribution in [2.75, 3.05) is 0 Å². The van der Waals surface area contributed by atoms with Gasteiger partial charge in [0.2, 0.25) is 0 Å². The van der Waals surface area contributed by atoms with Gasteiger partial charge < -0.3 is 5.11 Å². The zero-order valence-corrected chi connectivity index (χ0v) is 7.38. The number of carboxylic acid groups (broad SMARTS) is 1. The van der Waals surface area contributed by atoms with Gasteiger partial charge in [0, 0.05) is 12.1 Å². The summed E-state index contributed by atoms with van der Waals surface area (Å²) in [6, 6.07) is 3.31. The Morgan fingerprint density at radius 1 is 1.53 bits per heavy atom. The lowest BCUT2D eigenvalue weighted by Crippen LogP contribution is -1.95.